The summed E-state index contributed by atoms with van der Waals surface area (Å²) in [4.78, 5) is 22.3. The SMILES string of the molecule is O=C(O)c1ccnc(C(F)(F)F)c1[N+](=O)[O-]. The van der Waals surface area contributed by atoms with Gasteiger partial charge in [0.1, 0.15) is 5.56 Å². The van der Waals surface area contributed by atoms with Crippen LogP contribution in [0.15, 0.2) is 12.3 Å². The molecule has 0 saturated carbocycles. The highest BCUT2D eigenvalue weighted by Crippen LogP contribution is 2.35. The number of carboxylic acids is 1. The van der Waals surface area contributed by atoms with Crippen LogP contribution in [-0.2, 0) is 6.18 Å². The summed E-state index contributed by atoms with van der Waals surface area (Å²) < 4.78 is 36.9. The number of aromatic nitrogens is 1. The molecular weight excluding hydrogens is 233 g/mol. The number of pyridine rings is 1. The molecule has 0 saturated heterocycles. The molecule has 86 valence electrons. The number of nitrogens with zero attached hydrogens (tertiary/aromatic N) is 2. The highest BCUT2D eigenvalue weighted by atomic mass is 19.4. The Hall–Kier alpha value is -2.19. The molecule has 0 aliphatic carbocycles. The Labute approximate surface area is 85.5 Å². The second kappa shape index (κ2) is 3.76. The first kappa shape index (κ1) is 11.9. The Morgan fingerprint density at radius 1 is 1.50 bits per heavy atom. The molecule has 1 aromatic heterocycles. The molecule has 6 nitrogen and oxygen atoms in total. The summed E-state index contributed by atoms with van der Waals surface area (Å²) in [5.41, 5.74) is -4.42. The molecule has 9 heteroatoms. The van der Waals surface area contributed by atoms with E-state index in [1.165, 1.54) is 0 Å². The summed E-state index contributed by atoms with van der Waals surface area (Å²) >= 11 is 0. The average Bonchev–Trinajstić information content (AvgIpc) is 2.14. The fourth-order valence-electron chi connectivity index (χ4n) is 1.02. The molecule has 1 N–H and O–H groups in total. The molecule has 1 heterocycles. The lowest BCUT2D eigenvalue weighted by Gasteiger charge is -2.07. The Kier molecular flexibility index (Phi) is 2.79. The maximum atomic E-state index is 12.3. The van der Waals surface area contributed by atoms with Crippen molar-refractivity contribution in [2.75, 3.05) is 0 Å². The van der Waals surface area contributed by atoms with Gasteiger partial charge in [-0.3, -0.25) is 10.1 Å². The van der Waals surface area contributed by atoms with Gasteiger partial charge in [0.2, 0.25) is 5.69 Å². The van der Waals surface area contributed by atoms with Gasteiger partial charge < -0.3 is 5.11 Å². The summed E-state index contributed by atoms with van der Waals surface area (Å²) in [5.74, 6) is -1.82. The number of carboxylic acid groups (broad SMARTS) is 1. The number of hydrogen-bond donors (Lipinski definition) is 1. The van der Waals surface area contributed by atoms with Crippen molar-refractivity contribution in [2.24, 2.45) is 0 Å². The average molecular weight is 236 g/mol. The predicted molar refractivity (Wildman–Crippen MR) is 42.9 cm³/mol. The zero-order valence-electron chi connectivity index (χ0n) is 7.35. The molecule has 0 fully saturated rings. The molecule has 0 amide bonds. The molecule has 1 rings (SSSR count). The first-order valence-electron chi connectivity index (χ1n) is 3.69. The van der Waals surface area contributed by atoms with Crippen LogP contribution in [0, 0.1) is 10.1 Å². The van der Waals surface area contributed by atoms with Crippen molar-refractivity contribution in [2.45, 2.75) is 6.18 Å². The predicted octanol–water partition coefficient (Wildman–Crippen LogP) is 1.71. The fraction of sp³-hybridized carbons (Fsp3) is 0.143. The van der Waals surface area contributed by atoms with Gasteiger partial charge in [-0.15, -0.1) is 0 Å². The fourth-order valence-corrected chi connectivity index (χ4v) is 1.02. The van der Waals surface area contributed by atoms with Gasteiger partial charge in [0.05, 0.1) is 4.92 Å². The van der Waals surface area contributed by atoms with E-state index < -0.39 is 34.0 Å². The molecule has 0 radical (unpaired) electrons. The summed E-state index contributed by atoms with van der Waals surface area (Å²) in [7, 11) is 0. The largest absolute Gasteiger partial charge is 0.477 e. The maximum absolute atomic E-state index is 12.3. The highest BCUT2D eigenvalue weighted by molar-refractivity contribution is 5.92. The Bertz CT molecular complexity index is 457. The number of carbonyl (C=O) groups is 1. The van der Waals surface area contributed by atoms with Gasteiger partial charge in [0, 0.05) is 6.20 Å². The van der Waals surface area contributed by atoms with Crippen LogP contribution in [0.3, 0.4) is 0 Å². The van der Waals surface area contributed by atoms with E-state index in [1.807, 2.05) is 0 Å². The van der Waals surface area contributed by atoms with Gasteiger partial charge >= 0.3 is 17.8 Å². The molecule has 1 aromatic rings. The third kappa shape index (κ3) is 2.07. The van der Waals surface area contributed by atoms with Crippen molar-refractivity contribution in [3.8, 4) is 0 Å². The molecule has 0 aliphatic heterocycles. The highest BCUT2D eigenvalue weighted by Gasteiger charge is 2.42. The zero-order chi connectivity index (χ0) is 12.5. The maximum Gasteiger partial charge on any atom is 0.440 e. The quantitative estimate of drug-likeness (QED) is 0.623. The van der Waals surface area contributed by atoms with Gasteiger partial charge in [-0.05, 0) is 6.07 Å². The van der Waals surface area contributed by atoms with E-state index in [0.717, 1.165) is 0 Å². The van der Waals surface area contributed by atoms with Crippen molar-refractivity contribution < 1.29 is 28.0 Å². The summed E-state index contributed by atoms with van der Waals surface area (Å²) in [6.45, 7) is 0. The van der Waals surface area contributed by atoms with E-state index in [1.54, 1.807) is 0 Å². The minimum Gasteiger partial charge on any atom is -0.477 e. The smallest absolute Gasteiger partial charge is 0.440 e. The van der Waals surface area contributed by atoms with Crippen LogP contribution >= 0.6 is 0 Å². The van der Waals surface area contributed by atoms with Crippen molar-refractivity contribution in [1.82, 2.24) is 4.98 Å². The van der Waals surface area contributed by atoms with E-state index in [0.29, 0.717) is 12.3 Å². The van der Waals surface area contributed by atoms with Crippen LogP contribution < -0.4 is 0 Å². The first-order valence-corrected chi connectivity index (χ1v) is 3.69. The number of alkyl halides is 3. The Morgan fingerprint density at radius 3 is 2.44 bits per heavy atom. The van der Waals surface area contributed by atoms with E-state index in [9.17, 15) is 28.1 Å². The van der Waals surface area contributed by atoms with Crippen LogP contribution in [-0.4, -0.2) is 21.0 Å². The number of hydrogen-bond acceptors (Lipinski definition) is 4. The van der Waals surface area contributed by atoms with Crippen molar-refractivity contribution in [1.29, 1.82) is 0 Å². The minimum absolute atomic E-state index is 0.555. The molecule has 0 aromatic carbocycles. The number of halogens is 3. The van der Waals surface area contributed by atoms with E-state index in [2.05, 4.69) is 4.98 Å². The topological polar surface area (TPSA) is 93.3 Å². The summed E-state index contributed by atoms with van der Waals surface area (Å²) in [5, 5.41) is 18.9. The lowest BCUT2D eigenvalue weighted by Crippen LogP contribution is -2.15. The monoisotopic (exact) mass is 236 g/mol. The van der Waals surface area contributed by atoms with Gasteiger partial charge in [0.25, 0.3) is 0 Å². The summed E-state index contributed by atoms with van der Waals surface area (Å²) in [6, 6.07) is 0.635. The van der Waals surface area contributed by atoms with E-state index in [4.69, 9.17) is 5.11 Å². The molecule has 0 spiro atoms. The molecule has 0 atom stereocenters. The Balaban J connectivity index is 3.58. The van der Waals surface area contributed by atoms with Crippen LogP contribution in [0.5, 0.6) is 0 Å². The molecule has 0 unspecified atom stereocenters. The van der Waals surface area contributed by atoms with Crippen LogP contribution in [0.25, 0.3) is 0 Å². The normalized spacial score (nSPS) is 11.2. The third-order valence-corrected chi connectivity index (χ3v) is 1.61. The van der Waals surface area contributed by atoms with Gasteiger partial charge in [-0.2, -0.15) is 13.2 Å². The summed E-state index contributed by atoms with van der Waals surface area (Å²) in [6.07, 6.45) is -4.52. The lowest BCUT2D eigenvalue weighted by molar-refractivity contribution is -0.388. The van der Waals surface area contributed by atoms with Gasteiger partial charge in [-0.25, -0.2) is 9.78 Å². The van der Waals surface area contributed by atoms with Crippen molar-refractivity contribution in [3.63, 3.8) is 0 Å². The van der Waals surface area contributed by atoms with Gasteiger partial charge in [-0.1, -0.05) is 0 Å². The third-order valence-electron chi connectivity index (χ3n) is 1.61. The molecular formula is C7H3F3N2O4. The van der Waals surface area contributed by atoms with Crippen LogP contribution in [0.1, 0.15) is 16.1 Å². The zero-order valence-corrected chi connectivity index (χ0v) is 7.35. The standard InChI is InChI=1S/C7H3F3N2O4/c8-7(9,10)5-4(12(15)16)3(6(13)14)1-2-11-5/h1-2H,(H,13,14). The number of aromatic carboxylic acids is 1. The molecule has 16 heavy (non-hydrogen) atoms. The lowest BCUT2D eigenvalue weighted by atomic mass is 10.1. The first-order chi connectivity index (χ1) is 7.25. The van der Waals surface area contributed by atoms with Gasteiger partial charge in [0.15, 0.2) is 0 Å². The Morgan fingerprint density at radius 2 is 2.06 bits per heavy atom. The van der Waals surface area contributed by atoms with Crippen molar-refractivity contribution >= 4 is 11.7 Å². The van der Waals surface area contributed by atoms with Crippen LogP contribution in [0.2, 0.25) is 0 Å². The number of nitro groups is 1. The van der Waals surface area contributed by atoms with Crippen LogP contribution in [0.4, 0.5) is 18.9 Å². The second-order valence-electron chi connectivity index (χ2n) is 2.62. The van der Waals surface area contributed by atoms with E-state index in [-0.39, 0.29) is 0 Å². The molecule has 0 aliphatic rings. The minimum atomic E-state index is -5.08. The van der Waals surface area contributed by atoms with E-state index >= 15 is 0 Å². The van der Waals surface area contributed by atoms with Crippen molar-refractivity contribution in [3.05, 3.63) is 33.6 Å². The molecule has 0 bridgehead atoms. The second-order valence-corrected chi connectivity index (χ2v) is 2.62. The number of rotatable bonds is 2.